The van der Waals surface area contributed by atoms with Crippen molar-refractivity contribution < 1.29 is 9.53 Å². The number of hydrogen-bond acceptors (Lipinski definition) is 3. The molecule has 1 rings (SSSR count). The molecule has 4 heteroatoms. The summed E-state index contributed by atoms with van der Waals surface area (Å²) in [5, 5.41) is 2.86. The van der Waals surface area contributed by atoms with Gasteiger partial charge in [0, 0.05) is 19.7 Å². The Morgan fingerprint density at radius 2 is 2.40 bits per heavy atom. The number of nitrogens with one attached hydrogen (secondary N) is 1. The molecule has 4 nitrogen and oxygen atoms in total. The van der Waals surface area contributed by atoms with Crippen LogP contribution in [0.3, 0.4) is 0 Å². The lowest BCUT2D eigenvalue weighted by atomic mass is 9.99. The van der Waals surface area contributed by atoms with E-state index in [0.29, 0.717) is 19.7 Å². The molecule has 15 heavy (non-hydrogen) atoms. The van der Waals surface area contributed by atoms with Gasteiger partial charge in [0.05, 0.1) is 12.0 Å². The second-order valence-corrected chi connectivity index (χ2v) is 3.66. The van der Waals surface area contributed by atoms with Crippen LogP contribution in [0.1, 0.15) is 19.8 Å². The monoisotopic (exact) mass is 212 g/mol. The third-order valence-electron chi connectivity index (χ3n) is 2.65. The highest BCUT2D eigenvalue weighted by Crippen LogP contribution is 2.23. The molecule has 0 saturated carbocycles. The summed E-state index contributed by atoms with van der Waals surface area (Å²) in [6.07, 6.45) is 5.54. The van der Waals surface area contributed by atoms with E-state index in [2.05, 4.69) is 5.32 Å². The summed E-state index contributed by atoms with van der Waals surface area (Å²) in [4.78, 5) is 11.7. The topological polar surface area (TPSA) is 64.3 Å². The molecule has 86 valence electrons. The first kappa shape index (κ1) is 12.2. The maximum Gasteiger partial charge on any atom is 0.226 e. The van der Waals surface area contributed by atoms with Gasteiger partial charge in [-0.05, 0) is 12.8 Å². The van der Waals surface area contributed by atoms with Crippen molar-refractivity contribution in [3.63, 3.8) is 0 Å². The Balaban J connectivity index is 2.29. The van der Waals surface area contributed by atoms with Crippen molar-refractivity contribution >= 4 is 5.91 Å². The minimum atomic E-state index is 0.0290. The van der Waals surface area contributed by atoms with Crippen molar-refractivity contribution in [3.8, 4) is 0 Å². The van der Waals surface area contributed by atoms with E-state index < -0.39 is 0 Å². The van der Waals surface area contributed by atoms with Crippen LogP contribution in [0.25, 0.3) is 0 Å². The molecular weight excluding hydrogens is 192 g/mol. The van der Waals surface area contributed by atoms with Gasteiger partial charge in [-0.25, -0.2) is 0 Å². The Morgan fingerprint density at radius 3 is 3.07 bits per heavy atom. The van der Waals surface area contributed by atoms with Crippen LogP contribution in [0.5, 0.6) is 0 Å². The van der Waals surface area contributed by atoms with E-state index in [1.165, 1.54) is 0 Å². The van der Waals surface area contributed by atoms with Crippen LogP contribution in [0.15, 0.2) is 12.2 Å². The van der Waals surface area contributed by atoms with Crippen molar-refractivity contribution in [1.29, 1.82) is 0 Å². The van der Waals surface area contributed by atoms with Gasteiger partial charge in [-0.15, -0.1) is 0 Å². The van der Waals surface area contributed by atoms with Crippen LogP contribution in [0.4, 0.5) is 0 Å². The van der Waals surface area contributed by atoms with E-state index in [0.717, 1.165) is 12.8 Å². The van der Waals surface area contributed by atoms with Crippen molar-refractivity contribution in [2.45, 2.75) is 25.9 Å². The highest BCUT2D eigenvalue weighted by Gasteiger charge is 2.32. The molecule has 0 aromatic rings. The summed E-state index contributed by atoms with van der Waals surface area (Å²) in [5.74, 6) is 0.127. The quantitative estimate of drug-likeness (QED) is 0.650. The Bertz CT molecular complexity index is 229. The van der Waals surface area contributed by atoms with Crippen LogP contribution in [-0.4, -0.2) is 31.7 Å². The molecule has 2 atom stereocenters. The predicted octanol–water partition coefficient (Wildman–Crippen LogP) is 0.433. The summed E-state index contributed by atoms with van der Waals surface area (Å²) in [7, 11) is 0. The van der Waals surface area contributed by atoms with Crippen LogP contribution in [0, 0.1) is 5.92 Å². The first-order chi connectivity index (χ1) is 7.29. The molecule has 0 aromatic carbocycles. The Morgan fingerprint density at radius 1 is 1.60 bits per heavy atom. The SMILES string of the molecule is CCC1OCCC1C(=O)NC/C=C/CN. The molecule has 1 amide bonds. The van der Waals surface area contributed by atoms with Gasteiger partial charge in [0.15, 0.2) is 0 Å². The minimum absolute atomic E-state index is 0.0290. The van der Waals surface area contributed by atoms with Gasteiger partial charge in [-0.3, -0.25) is 4.79 Å². The molecular formula is C11H20N2O2. The summed E-state index contributed by atoms with van der Waals surface area (Å²) in [6.45, 7) is 3.82. The molecule has 2 unspecified atom stereocenters. The van der Waals surface area contributed by atoms with Gasteiger partial charge in [0.25, 0.3) is 0 Å². The van der Waals surface area contributed by atoms with Crippen LogP contribution in [-0.2, 0) is 9.53 Å². The molecule has 1 heterocycles. The van der Waals surface area contributed by atoms with Gasteiger partial charge in [-0.1, -0.05) is 19.1 Å². The van der Waals surface area contributed by atoms with Gasteiger partial charge in [-0.2, -0.15) is 0 Å². The third-order valence-corrected chi connectivity index (χ3v) is 2.65. The zero-order valence-corrected chi connectivity index (χ0v) is 9.24. The molecule has 0 bridgehead atoms. The van der Waals surface area contributed by atoms with E-state index in [1.54, 1.807) is 0 Å². The lowest BCUT2D eigenvalue weighted by Crippen LogP contribution is -2.35. The van der Waals surface area contributed by atoms with E-state index in [-0.39, 0.29) is 17.9 Å². The molecule has 0 spiro atoms. The van der Waals surface area contributed by atoms with Gasteiger partial charge < -0.3 is 15.8 Å². The number of hydrogen-bond donors (Lipinski definition) is 2. The maximum atomic E-state index is 11.7. The second kappa shape index (κ2) is 6.58. The fourth-order valence-corrected chi connectivity index (χ4v) is 1.82. The lowest BCUT2D eigenvalue weighted by molar-refractivity contribution is -0.126. The first-order valence-corrected chi connectivity index (χ1v) is 5.54. The van der Waals surface area contributed by atoms with Crippen molar-refractivity contribution in [3.05, 3.63) is 12.2 Å². The Labute approximate surface area is 90.9 Å². The van der Waals surface area contributed by atoms with E-state index in [1.807, 2.05) is 19.1 Å². The van der Waals surface area contributed by atoms with Crippen molar-refractivity contribution in [1.82, 2.24) is 5.32 Å². The second-order valence-electron chi connectivity index (χ2n) is 3.66. The summed E-state index contributed by atoms with van der Waals surface area (Å²) < 4.78 is 5.46. The summed E-state index contributed by atoms with van der Waals surface area (Å²) in [6, 6.07) is 0. The minimum Gasteiger partial charge on any atom is -0.377 e. The number of ether oxygens (including phenoxy) is 1. The molecule has 0 aliphatic carbocycles. The highest BCUT2D eigenvalue weighted by molar-refractivity contribution is 5.79. The van der Waals surface area contributed by atoms with Gasteiger partial charge >= 0.3 is 0 Å². The Hall–Kier alpha value is -0.870. The van der Waals surface area contributed by atoms with E-state index in [4.69, 9.17) is 10.5 Å². The lowest BCUT2D eigenvalue weighted by Gasteiger charge is -2.15. The molecule has 0 aromatic heterocycles. The summed E-state index contributed by atoms with van der Waals surface area (Å²) >= 11 is 0. The van der Waals surface area contributed by atoms with Crippen LogP contribution >= 0.6 is 0 Å². The van der Waals surface area contributed by atoms with Crippen LogP contribution in [0.2, 0.25) is 0 Å². The fourth-order valence-electron chi connectivity index (χ4n) is 1.82. The zero-order chi connectivity index (χ0) is 11.1. The molecule has 1 fully saturated rings. The average molecular weight is 212 g/mol. The highest BCUT2D eigenvalue weighted by atomic mass is 16.5. The molecule has 1 saturated heterocycles. The van der Waals surface area contributed by atoms with Gasteiger partial charge in [0.2, 0.25) is 5.91 Å². The Kier molecular flexibility index (Phi) is 5.36. The number of carbonyl (C=O) groups is 1. The average Bonchev–Trinajstić information content (AvgIpc) is 2.72. The number of rotatable bonds is 5. The molecule has 1 aliphatic rings. The molecule has 0 radical (unpaired) electrons. The van der Waals surface area contributed by atoms with E-state index >= 15 is 0 Å². The zero-order valence-electron chi connectivity index (χ0n) is 9.24. The number of carbonyl (C=O) groups excluding carboxylic acids is 1. The van der Waals surface area contributed by atoms with E-state index in [9.17, 15) is 4.79 Å². The predicted molar refractivity (Wildman–Crippen MR) is 59.3 cm³/mol. The van der Waals surface area contributed by atoms with Crippen LogP contribution < -0.4 is 11.1 Å². The molecule has 1 aliphatic heterocycles. The smallest absolute Gasteiger partial charge is 0.226 e. The normalized spacial score (nSPS) is 26.0. The molecule has 3 N–H and O–H groups in total. The summed E-state index contributed by atoms with van der Waals surface area (Å²) in [5.41, 5.74) is 5.29. The van der Waals surface area contributed by atoms with Gasteiger partial charge in [0.1, 0.15) is 0 Å². The maximum absolute atomic E-state index is 11.7. The number of nitrogens with two attached hydrogens (primary N) is 1. The van der Waals surface area contributed by atoms with Crippen molar-refractivity contribution in [2.75, 3.05) is 19.7 Å². The number of amides is 1. The largest absolute Gasteiger partial charge is 0.377 e. The van der Waals surface area contributed by atoms with Crippen molar-refractivity contribution in [2.24, 2.45) is 11.7 Å². The standard InChI is InChI=1S/C11H20N2O2/c1-2-10-9(5-8-15-10)11(14)13-7-4-3-6-12/h3-4,9-10H,2,5-8,12H2,1H3,(H,13,14)/b4-3+. The fraction of sp³-hybridized carbons (Fsp3) is 0.727. The first-order valence-electron chi connectivity index (χ1n) is 5.54. The third kappa shape index (κ3) is 3.64.